The highest BCUT2D eigenvalue weighted by Gasteiger charge is 2.32. The van der Waals surface area contributed by atoms with Crippen LogP contribution in [-0.4, -0.2) is 23.8 Å². The Labute approximate surface area is 101 Å². The van der Waals surface area contributed by atoms with E-state index in [2.05, 4.69) is 4.90 Å². The highest BCUT2D eigenvalue weighted by molar-refractivity contribution is 5.56. The Balaban J connectivity index is 2.33. The van der Waals surface area contributed by atoms with Crippen molar-refractivity contribution >= 4 is 5.69 Å². The highest BCUT2D eigenvalue weighted by Crippen LogP contribution is 2.31. The predicted octanol–water partition coefficient (Wildman–Crippen LogP) is 1.81. The van der Waals surface area contributed by atoms with E-state index in [1.165, 1.54) is 12.1 Å². The van der Waals surface area contributed by atoms with E-state index < -0.39 is 5.60 Å². The van der Waals surface area contributed by atoms with Crippen LogP contribution in [0, 0.1) is 5.82 Å². The second-order valence-electron chi connectivity index (χ2n) is 5.16. The number of β-amino-alcohol motifs (C(OH)–C–C–N with tert-alkyl or cyclic N) is 1. The molecule has 1 unspecified atom stereocenters. The van der Waals surface area contributed by atoms with Crippen LogP contribution in [0.1, 0.15) is 31.9 Å². The van der Waals surface area contributed by atoms with Gasteiger partial charge in [0, 0.05) is 24.8 Å². The molecule has 0 saturated carbocycles. The third-order valence-electron chi connectivity index (χ3n) is 3.27. The van der Waals surface area contributed by atoms with E-state index >= 15 is 0 Å². The summed E-state index contributed by atoms with van der Waals surface area (Å²) in [4.78, 5) is 2.07. The first-order valence-electron chi connectivity index (χ1n) is 5.91. The summed E-state index contributed by atoms with van der Waals surface area (Å²) in [5, 5.41) is 9.96. The van der Waals surface area contributed by atoms with Gasteiger partial charge in [0.2, 0.25) is 0 Å². The van der Waals surface area contributed by atoms with Crippen LogP contribution in [0.25, 0.3) is 0 Å². The van der Waals surface area contributed by atoms with Gasteiger partial charge in [0.1, 0.15) is 5.82 Å². The smallest absolute Gasteiger partial charge is 0.123 e. The fraction of sp³-hybridized carbons (Fsp3) is 0.538. The maximum Gasteiger partial charge on any atom is 0.123 e. The molecule has 1 saturated heterocycles. The van der Waals surface area contributed by atoms with Gasteiger partial charge >= 0.3 is 0 Å². The Bertz CT molecular complexity index is 418. The number of aliphatic hydroxyl groups is 1. The maximum atomic E-state index is 13.2. The van der Waals surface area contributed by atoms with E-state index in [0.717, 1.165) is 24.2 Å². The Kier molecular flexibility index (Phi) is 3.10. The lowest BCUT2D eigenvalue weighted by atomic mass is 10.1. The van der Waals surface area contributed by atoms with Crippen LogP contribution < -0.4 is 10.6 Å². The van der Waals surface area contributed by atoms with Crippen LogP contribution in [-0.2, 0) is 0 Å². The Hall–Kier alpha value is -1.13. The van der Waals surface area contributed by atoms with Gasteiger partial charge in [-0.1, -0.05) is 0 Å². The average Bonchev–Trinajstić information content (AvgIpc) is 2.58. The van der Waals surface area contributed by atoms with E-state index in [9.17, 15) is 9.50 Å². The molecule has 3 N–H and O–H groups in total. The molecule has 1 aromatic carbocycles. The lowest BCUT2D eigenvalue weighted by Gasteiger charge is -2.24. The number of halogens is 1. The molecule has 1 heterocycles. The molecular weight excluding hydrogens is 219 g/mol. The minimum absolute atomic E-state index is 0.216. The summed E-state index contributed by atoms with van der Waals surface area (Å²) in [6.45, 7) is 5.01. The van der Waals surface area contributed by atoms with Gasteiger partial charge in [-0.15, -0.1) is 0 Å². The molecule has 1 aliphatic heterocycles. The molecule has 1 aliphatic rings. The van der Waals surface area contributed by atoms with Crippen molar-refractivity contribution in [3.8, 4) is 0 Å². The number of hydrogen-bond donors (Lipinski definition) is 2. The van der Waals surface area contributed by atoms with Gasteiger partial charge in [0.15, 0.2) is 0 Å². The number of nitrogens with zero attached hydrogens (tertiary/aromatic N) is 1. The lowest BCUT2D eigenvalue weighted by Crippen LogP contribution is -2.30. The van der Waals surface area contributed by atoms with E-state index in [-0.39, 0.29) is 11.9 Å². The zero-order valence-corrected chi connectivity index (χ0v) is 10.3. The molecule has 17 heavy (non-hydrogen) atoms. The van der Waals surface area contributed by atoms with Crippen molar-refractivity contribution in [2.75, 3.05) is 18.0 Å². The summed E-state index contributed by atoms with van der Waals surface area (Å²) in [7, 11) is 0. The molecule has 3 nitrogen and oxygen atoms in total. The normalized spacial score (nSPS) is 26.3. The SMILES string of the molecule is C[C@H](N)c1cc(F)ccc1N1CCC(C)(O)C1. The largest absolute Gasteiger partial charge is 0.388 e. The van der Waals surface area contributed by atoms with E-state index in [0.29, 0.717) is 6.54 Å². The first-order valence-corrected chi connectivity index (χ1v) is 5.91. The fourth-order valence-electron chi connectivity index (χ4n) is 2.33. The monoisotopic (exact) mass is 238 g/mol. The van der Waals surface area contributed by atoms with E-state index in [1.54, 1.807) is 6.07 Å². The molecule has 2 atom stereocenters. The van der Waals surface area contributed by atoms with E-state index in [1.807, 2.05) is 13.8 Å². The molecule has 0 aromatic heterocycles. The fourth-order valence-corrected chi connectivity index (χ4v) is 2.33. The predicted molar refractivity (Wildman–Crippen MR) is 66.5 cm³/mol. The minimum Gasteiger partial charge on any atom is -0.388 e. The number of nitrogens with two attached hydrogens (primary N) is 1. The van der Waals surface area contributed by atoms with Gasteiger partial charge in [0.05, 0.1) is 5.60 Å². The Morgan fingerprint density at radius 3 is 2.76 bits per heavy atom. The molecule has 0 bridgehead atoms. The summed E-state index contributed by atoms with van der Waals surface area (Å²) in [5.74, 6) is -0.271. The first-order chi connectivity index (χ1) is 7.89. The van der Waals surface area contributed by atoms with Gasteiger partial charge in [-0.05, 0) is 44.0 Å². The Morgan fingerprint density at radius 1 is 1.53 bits per heavy atom. The standard InChI is InChI=1S/C13H19FN2O/c1-9(15)11-7-10(14)3-4-12(11)16-6-5-13(2,17)8-16/h3-4,7,9,17H,5-6,8,15H2,1-2H3/t9-,13?/m0/s1. The van der Waals surface area contributed by atoms with Crippen LogP contribution in [0.2, 0.25) is 0 Å². The molecular formula is C13H19FN2O. The lowest BCUT2D eigenvalue weighted by molar-refractivity contribution is 0.0839. The summed E-state index contributed by atoms with van der Waals surface area (Å²) >= 11 is 0. The van der Waals surface area contributed by atoms with Crippen molar-refractivity contribution in [3.05, 3.63) is 29.6 Å². The number of hydrogen-bond acceptors (Lipinski definition) is 3. The summed E-state index contributed by atoms with van der Waals surface area (Å²) in [5.41, 5.74) is 6.92. The molecule has 0 amide bonds. The van der Waals surface area contributed by atoms with Crippen molar-refractivity contribution < 1.29 is 9.50 Å². The average molecular weight is 238 g/mol. The number of rotatable bonds is 2. The van der Waals surface area contributed by atoms with Gasteiger partial charge in [-0.3, -0.25) is 0 Å². The van der Waals surface area contributed by atoms with Gasteiger partial charge in [-0.2, -0.15) is 0 Å². The summed E-state index contributed by atoms with van der Waals surface area (Å²) in [6, 6.07) is 4.45. The third kappa shape index (κ3) is 2.58. The molecule has 0 aliphatic carbocycles. The van der Waals surface area contributed by atoms with Crippen molar-refractivity contribution in [2.45, 2.75) is 31.9 Å². The zero-order chi connectivity index (χ0) is 12.6. The summed E-state index contributed by atoms with van der Waals surface area (Å²) in [6.07, 6.45) is 0.725. The van der Waals surface area contributed by atoms with Crippen molar-refractivity contribution in [3.63, 3.8) is 0 Å². The van der Waals surface area contributed by atoms with Crippen LogP contribution in [0.3, 0.4) is 0 Å². The zero-order valence-electron chi connectivity index (χ0n) is 10.3. The first kappa shape index (κ1) is 12.3. The molecule has 94 valence electrons. The quantitative estimate of drug-likeness (QED) is 0.826. The molecule has 0 radical (unpaired) electrons. The van der Waals surface area contributed by atoms with Crippen LogP contribution >= 0.6 is 0 Å². The van der Waals surface area contributed by atoms with Crippen LogP contribution in [0.5, 0.6) is 0 Å². The van der Waals surface area contributed by atoms with E-state index in [4.69, 9.17) is 5.73 Å². The van der Waals surface area contributed by atoms with Crippen molar-refractivity contribution in [1.29, 1.82) is 0 Å². The second-order valence-corrected chi connectivity index (χ2v) is 5.16. The van der Waals surface area contributed by atoms with Gasteiger partial charge < -0.3 is 15.7 Å². The Morgan fingerprint density at radius 2 is 2.24 bits per heavy atom. The number of benzene rings is 1. The van der Waals surface area contributed by atoms with Gasteiger partial charge in [0.25, 0.3) is 0 Å². The molecule has 4 heteroatoms. The highest BCUT2D eigenvalue weighted by atomic mass is 19.1. The topological polar surface area (TPSA) is 49.5 Å². The van der Waals surface area contributed by atoms with Crippen molar-refractivity contribution in [1.82, 2.24) is 0 Å². The molecule has 0 spiro atoms. The van der Waals surface area contributed by atoms with Crippen molar-refractivity contribution in [2.24, 2.45) is 5.73 Å². The number of anilines is 1. The maximum absolute atomic E-state index is 13.2. The minimum atomic E-state index is -0.663. The van der Waals surface area contributed by atoms with Crippen LogP contribution in [0.15, 0.2) is 18.2 Å². The molecule has 1 aromatic rings. The van der Waals surface area contributed by atoms with Crippen LogP contribution in [0.4, 0.5) is 10.1 Å². The molecule has 1 fully saturated rings. The second kappa shape index (κ2) is 4.27. The summed E-state index contributed by atoms with van der Waals surface area (Å²) < 4.78 is 13.2. The van der Waals surface area contributed by atoms with Gasteiger partial charge in [-0.25, -0.2) is 4.39 Å². The third-order valence-corrected chi connectivity index (χ3v) is 3.27. The molecule has 2 rings (SSSR count).